The number of fused-ring (bicyclic) bond motifs is 1. The van der Waals surface area contributed by atoms with E-state index in [1.165, 1.54) is 18.1 Å². The highest BCUT2D eigenvalue weighted by Crippen LogP contribution is 2.27. The Hall–Kier alpha value is -2.12. The van der Waals surface area contributed by atoms with Gasteiger partial charge < -0.3 is 15.8 Å². The quantitative estimate of drug-likeness (QED) is 0.384. The average Bonchev–Trinajstić information content (AvgIpc) is 2.93. The highest BCUT2D eigenvalue weighted by molar-refractivity contribution is 7.99. The van der Waals surface area contributed by atoms with Gasteiger partial charge in [0.1, 0.15) is 16.9 Å². The molecule has 2 heterocycles. The number of hydrogen-bond acceptors (Lipinski definition) is 6. The van der Waals surface area contributed by atoms with Crippen LogP contribution >= 0.6 is 11.8 Å². The minimum Gasteiger partial charge on any atom is -0.399 e. The number of aromatic nitrogens is 4. The number of anilines is 1. The summed E-state index contributed by atoms with van der Waals surface area (Å²) in [7, 11) is 0. The Morgan fingerprint density at radius 2 is 2.20 bits per heavy atom. The third-order valence-electron chi connectivity index (χ3n) is 2.86. The molecular formula is C13H13N5OS. The van der Waals surface area contributed by atoms with Crippen LogP contribution in [-0.2, 0) is 0 Å². The molecule has 0 radical (unpaired) electrons. The monoisotopic (exact) mass is 287 g/mol. The maximum Gasteiger partial charge on any atom is 0.181 e. The zero-order valence-corrected chi connectivity index (χ0v) is 11.3. The number of nitrogens with zero attached hydrogens (tertiary/aromatic N) is 3. The van der Waals surface area contributed by atoms with E-state index in [2.05, 4.69) is 19.9 Å². The molecule has 2 aromatic heterocycles. The van der Waals surface area contributed by atoms with Crippen LogP contribution in [0.5, 0.6) is 0 Å². The number of imidazole rings is 1. The lowest BCUT2D eigenvalue weighted by Crippen LogP contribution is -2.02. The van der Waals surface area contributed by atoms with Gasteiger partial charge in [0, 0.05) is 11.4 Å². The topological polar surface area (TPSA) is 101 Å². The first kappa shape index (κ1) is 12.9. The molecular weight excluding hydrogens is 274 g/mol. The third kappa shape index (κ3) is 2.59. The van der Waals surface area contributed by atoms with Crippen molar-refractivity contribution in [2.75, 3.05) is 11.5 Å². The normalized spacial score (nSPS) is 12.7. The molecule has 0 spiro atoms. The van der Waals surface area contributed by atoms with Crippen molar-refractivity contribution in [1.29, 1.82) is 0 Å². The van der Waals surface area contributed by atoms with Crippen LogP contribution in [0.25, 0.3) is 11.2 Å². The Balaban J connectivity index is 1.74. The van der Waals surface area contributed by atoms with Gasteiger partial charge in [0.25, 0.3) is 0 Å². The highest BCUT2D eigenvalue weighted by atomic mass is 32.2. The molecule has 0 aliphatic carbocycles. The number of H-pyrrole nitrogens is 1. The summed E-state index contributed by atoms with van der Waals surface area (Å²) in [6.07, 6.45) is 2.45. The van der Waals surface area contributed by atoms with Gasteiger partial charge in [-0.1, -0.05) is 12.1 Å². The maximum absolute atomic E-state index is 10.2. The van der Waals surface area contributed by atoms with E-state index in [0.717, 1.165) is 16.1 Å². The summed E-state index contributed by atoms with van der Waals surface area (Å²) in [6, 6.07) is 7.25. The minimum absolute atomic E-state index is 0.481. The van der Waals surface area contributed by atoms with Crippen LogP contribution in [0.3, 0.4) is 0 Å². The summed E-state index contributed by atoms with van der Waals surface area (Å²) >= 11 is 1.45. The number of hydrogen-bond donors (Lipinski definition) is 3. The van der Waals surface area contributed by atoms with Crippen LogP contribution in [0.15, 0.2) is 41.9 Å². The van der Waals surface area contributed by atoms with Crippen molar-refractivity contribution in [2.24, 2.45) is 0 Å². The van der Waals surface area contributed by atoms with Gasteiger partial charge in [-0.3, -0.25) is 0 Å². The molecule has 0 aliphatic rings. The zero-order valence-electron chi connectivity index (χ0n) is 10.5. The molecule has 3 rings (SSSR count). The van der Waals surface area contributed by atoms with Crippen molar-refractivity contribution in [2.45, 2.75) is 11.1 Å². The Bertz CT molecular complexity index is 729. The molecule has 3 aromatic rings. The Morgan fingerprint density at radius 3 is 3.05 bits per heavy atom. The fourth-order valence-corrected chi connectivity index (χ4v) is 2.80. The number of aliphatic hydroxyl groups is 1. The number of nitrogens with one attached hydrogen (secondary N) is 1. The zero-order chi connectivity index (χ0) is 13.9. The summed E-state index contributed by atoms with van der Waals surface area (Å²) in [4.78, 5) is 15.3. The van der Waals surface area contributed by atoms with Crippen molar-refractivity contribution in [3.05, 3.63) is 42.5 Å². The highest BCUT2D eigenvalue weighted by Gasteiger charge is 2.12. The van der Waals surface area contributed by atoms with E-state index in [1.807, 2.05) is 12.1 Å². The van der Waals surface area contributed by atoms with E-state index in [0.29, 0.717) is 17.1 Å². The standard InChI is InChI=1S/C13H13N5OS/c14-9-3-1-2-8(4-9)10(19)5-20-13-11-12(16-6-15-11)17-7-18-13/h1-4,6-7,10,19H,5,14H2,(H,15,16,17,18). The first-order chi connectivity index (χ1) is 9.74. The van der Waals surface area contributed by atoms with Crippen molar-refractivity contribution in [3.63, 3.8) is 0 Å². The molecule has 0 aliphatic heterocycles. The van der Waals surface area contributed by atoms with Gasteiger partial charge in [0.05, 0.1) is 12.4 Å². The van der Waals surface area contributed by atoms with E-state index in [-0.39, 0.29) is 0 Å². The number of benzene rings is 1. The number of aromatic amines is 1. The molecule has 0 saturated heterocycles. The van der Waals surface area contributed by atoms with E-state index in [1.54, 1.807) is 18.5 Å². The lowest BCUT2D eigenvalue weighted by molar-refractivity contribution is 0.204. The van der Waals surface area contributed by atoms with E-state index in [4.69, 9.17) is 5.73 Å². The smallest absolute Gasteiger partial charge is 0.181 e. The average molecular weight is 287 g/mol. The molecule has 7 heteroatoms. The number of rotatable bonds is 4. The maximum atomic E-state index is 10.2. The van der Waals surface area contributed by atoms with Crippen LogP contribution in [0, 0.1) is 0 Å². The molecule has 102 valence electrons. The third-order valence-corrected chi connectivity index (χ3v) is 3.93. The Labute approximate surface area is 119 Å². The summed E-state index contributed by atoms with van der Waals surface area (Å²) in [5, 5.41) is 11.0. The van der Waals surface area contributed by atoms with Gasteiger partial charge in [-0.2, -0.15) is 0 Å². The van der Waals surface area contributed by atoms with Crippen molar-refractivity contribution in [3.8, 4) is 0 Å². The molecule has 0 fully saturated rings. The minimum atomic E-state index is -0.601. The van der Waals surface area contributed by atoms with Crippen LogP contribution in [-0.4, -0.2) is 30.8 Å². The van der Waals surface area contributed by atoms with E-state index in [9.17, 15) is 5.11 Å². The number of thioether (sulfide) groups is 1. The van der Waals surface area contributed by atoms with E-state index >= 15 is 0 Å². The van der Waals surface area contributed by atoms with Crippen LogP contribution < -0.4 is 5.73 Å². The van der Waals surface area contributed by atoms with Gasteiger partial charge in [-0.25, -0.2) is 15.0 Å². The first-order valence-corrected chi connectivity index (χ1v) is 7.03. The molecule has 1 unspecified atom stereocenters. The second-order valence-electron chi connectivity index (χ2n) is 4.28. The largest absolute Gasteiger partial charge is 0.399 e. The van der Waals surface area contributed by atoms with Gasteiger partial charge >= 0.3 is 0 Å². The SMILES string of the molecule is Nc1cccc(C(O)CSc2ncnc3nc[nH]c23)c1. The second kappa shape index (κ2) is 5.48. The summed E-state index contributed by atoms with van der Waals surface area (Å²) < 4.78 is 0. The fourth-order valence-electron chi connectivity index (χ4n) is 1.87. The molecule has 1 aromatic carbocycles. The Kier molecular flexibility index (Phi) is 3.53. The number of aliphatic hydroxyl groups excluding tert-OH is 1. The predicted octanol–water partition coefficient (Wildman–Crippen LogP) is 1.76. The van der Waals surface area contributed by atoms with Gasteiger partial charge in [0.15, 0.2) is 5.65 Å². The lowest BCUT2D eigenvalue weighted by atomic mass is 10.1. The molecule has 6 nitrogen and oxygen atoms in total. The van der Waals surface area contributed by atoms with Crippen LogP contribution in [0.1, 0.15) is 11.7 Å². The van der Waals surface area contributed by atoms with Crippen LogP contribution in [0.4, 0.5) is 5.69 Å². The number of nitrogens with two attached hydrogens (primary N) is 1. The number of nitrogen functional groups attached to an aromatic ring is 1. The van der Waals surface area contributed by atoms with Crippen molar-refractivity contribution in [1.82, 2.24) is 19.9 Å². The Morgan fingerprint density at radius 1 is 1.30 bits per heavy atom. The summed E-state index contributed by atoms with van der Waals surface area (Å²) in [6.45, 7) is 0. The van der Waals surface area contributed by atoms with Crippen LogP contribution in [0.2, 0.25) is 0 Å². The molecule has 0 saturated carbocycles. The molecule has 20 heavy (non-hydrogen) atoms. The van der Waals surface area contributed by atoms with Crippen molar-refractivity contribution < 1.29 is 5.11 Å². The first-order valence-electron chi connectivity index (χ1n) is 6.04. The summed E-state index contributed by atoms with van der Waals surface area (Å²) in [5.74, 6) is 0.481. The van der Waals surface area contributed by atoms with Gasteiger partial charge in [0.2, 0.25) is 0 Å². The van der Waals surface area contributed by atoms with Gasteiger partial charge in [-0.15, -0.1) is 11.8 Å². The predicted molar refractivity (Wildman–Crippen MR) is 78.2 cm³/mol. The second-order valence-corrected chi connectivity index (χ2v) is 5.29. The lowest BCUT2D eigenvalue weighted by Gasteiger charge is -2.11. The molecule has 0 bridgehead atoms. The van der Waals surface area contributed by atoms with Crippen molar-refractivity contribution >= 4 is 28.6 Å². The van der Waals surface area contributed by atoms with Gasteiger partial charge in [-0.05, 0) is 17.7 Å². The molecule has 0 amide bonds. The molecule has 1 atom stereocenters. The fraction of sp³-hybridized carbons (Fsp3) is 0.154. The summed E-state index contributed by atoms with van der Waals surface area (Å²) in [5.41, 5.74) is 8.57. The van der Waals surface area contributed by atoms with E-state index < -0.39 is 6.10 Å². The molecule has 4 N–H and O–H groups in total.